The van der Waals surface area contributed by atoms with Crippen LogP contribution in [0.5, 0.6) is 0 Å². The average Bonchev–Trinajstić information content (AvgIpc) is 2.30. The van der Waals surface area contributed by atoms with Crippen LogP contribution >= 0.6 is 0 Å². The molecule has 0 radical (unpaired) electrons. The van der Waals surface area contributed by atoms with E-state index < -0.39 is 25.6 Å². The smallest absolute Gasteiger partial charge is 0.209 e. The first-order chi connectivity index (χ1) is 9.71. The third-order valence-corrected chi connectivity index (χ3v) is 6.49. The molecule has 3 atom stereocenters. The molecule has 0 aromatic carbocycles. The van der Waals surface area contributed by atoms with E-state index >= 15 is 0 Å². The lowest BCUT2D eigenvalue weighted by Crippen LogP contribution is -2.50. The number of nitrogens with one attached hydrogen (secondary N) is 1. The molecule has 2 unspecified atom stereocenters. The molecule has 0 heterocycles. The van der Waals surface area contributed by atoms with Gasteiger partial charge in [-0.1, -0.05) is 20.8 Å². The van der Waals surface area contributed by atoms with Crippen molar-refractivity contribution in [3.63, 3.8) is 0 Å². The van der Waals surface area contributed by atoms with Crippen molar-refractivity contribution in [3.05, 3.63) is 0 Å². The van der Waals surface area contributed by atoms with Gasteiger partial charge in [-0.05, 0) is 39.0 Å². The Morgan fingerprint density at radius 1 is 1.23 bits per heavy atom. The predicted octanol–water partition coefficient (Wildman–Crippen LogP) is 2.29. The average molecular weight is 356 g/mol. The fraction of sp³-hybridized carbons (Fsp3) is 1.00. The molecule has 5 nitrogen and oxygen atoms in total. The minimum Gasteiger partial charge on any atom is -0.377 e. The standard InChI is InChI=1S/C15H33NO4S2/c1-9-12(2)20-10-13(16-22(8,18)19)14(3,4)11-15(5,6)21(7)17/h12-13,16H,9-11H2,1-8H3/t12?,13?,21-/m1/s1. The van der Waals surface area contributed by atoms with E-state index in [1.165, 1.54) is 0 Å². The molecule has 22 heavy (non-hydrogen) atoms. The Morgan fingerprint density at radius 3 is 2.09 bits per heavy atom. The molecule has 0 saturated carbocycles. The topological polar surface area (TPSA) is 72.5 Å². The van der Waals surface area contributed by atoms with Crippen LogP contribution in [-0.2, 0) is 25.6 Å². The highest BCUT2D eigenvalue weighted by atomic mass is 32.2. The van der Waals surface area contributed by atoms with Crippen molar-refractivity contribution in [2.24, 2.45) is 5.41 Å². The summed E-state index contributed by atoms with van der Waals surface area (Å²) in [6.45, 7) is 12.2. The van der Waals surface area contributed by atoms with Gasteiger partial charge in [-0.2, -0.15) is 0 Å². The monoisotopic (exact) mass is 355 g/mol. The summed E-state index contributed by atoms with van der Waals surface area (Å²) in [4.78, 5) is 0. The summed E-state index contributed by atoms with van der Waals surface area (Å²) >= 11 is 0. The van der Waals surface area contributed by atoms with E-state index in [1.54, 1.807) is 6.26 Å². The Hall–Kier alpha value is 0.0200. The zero-order valence-corrected chi connectivity index (χ0v) is 16.9. The van der Waals surface area contributed by atoms with Crippen LogP contribution in [0.25, 0.3) is 0 Å². The van der Waals surface area contributed by atoms with Gasteiger partial charge in [0.15, 0.2) is 0 Å². The summed E-state index contributed by atoms with van der Waals surface area (Å²) in [6.07, 6.45) is 4.41. The molecule has 0 fully saturated rings. The van der Waals surface area contributed by atoms with Gasteiger partial charge in [-0.25, -0.2) is 13.1 Å². The highest BCUT2D eigenvalue weighted by Crippen LogP contribution is 2.34. The number of sulfonamides is 1. The lowest BCUT2D eigenvalue weighted by atomic mass is 9.78. The molecule has 0 amide bonds. The highest BCUT2D eigenvalue weighted by molar-refractivity contribution is 7.88. The number of hydrogen-bond acceptors (Lipinski definition) is 4. The van der Waals surface area contributed by atoms with Crippen LogP contribution in [0.4, 0.5) is 0 Å². The Bertz CT molecular complexity index is 472. The van der Waals surface area contributed by atoms with Crippen molar-refractivity contribution in [1.82, 2.24) is 4.72 Å². The van der Waals surface area contributed by atoms with Crippen molar-refractivity contribution in [3.8, 4) is 0 Å². The number of hydrogen-bond donors (Lipinski definition) is 1. The maximum Gasteiger partial charge on any atom is 0.209 e. The molecule has 0 spiro atoms. The maximum atomic E-state index is 11.9. The largest absolute Gasteiger partial charge is 0.377 e. The van der Waals surface area contributed by atoms with Gasteiger partial charge in [-0.3, -0.25) is 4.21 Å². The first-order valence-corrected chi connectivity index (χ1v) is 11.1. The molecular formula is C15H33NO4S2. The van der Waals surface area contributed by atoms with Gasteiger partial charge in [0, 0.05) is 21.8 Å². The molecule has 0 bridgehead atoms. The Morgan fingerprint density at radius 2 is 1.73 bits per heavy atom. The molecule has 0 aromatic rings. The van der Waals surface area contributed by atoms with E-state index in [1.807, 2.05) is 41.5 Å². The Balaban J connectivity index is 5.23. The normalized spacial score (nSPS) is 18.0. The minimum atomic E-state index is -3.34. The lowest BCUT2D eigenvalue weighted by Gasteiger charge is -2.39. The van der Waals surface area contributed by atoms with Crippen LogP contribution in [0.2, 0.25) is 0 Å². The van der Waals surface area contributed by atoms with Gasteiger partial charge in [0.1, 0.15) is 0 Å². The zero-order valence-electron chi connectivity index (χ0n) is 15.2. The molecule has 0 aliphatic heterocycles. The second kappa shape index (κ2) is 8.22. The zero-order chi connectivity index (χ0) is 17.8. The minimum absolute atomic E-state index is 0.0768. The van der Waals surface area contributed by atoms with Gasteiger partial charge in [0.05, 0.1) is 25.0 Å². The summed E-state index contributed by atoms with van der Waals surface area (Å²) in [5, 5.41) is 0. The van der Waals surface area contributed by atoms with Crippen LogP contribution in [0.3, 0.4) is 0 Å². The van der Waals surface area contributed by atoms with Crippen molar-refractivity contribution in [1.29, 1.82) is 0 Å². The van der Waals surface area contributed by atoms with Gasteiger partial charge in [-0.15, -0.1) is 0 Å². The molecule has 0 aliphatic carbocycles. The van der Waals surface area contributed by atoms with Crippen molar-refractivity contribution < 1.29 is 17.4 Å². The third-order valence-electron chi connectivity index (χ3n) is 4.08. The molecule has 1 N–H and O–H groups in total. The molecule has 7 heteroatoms. The Kier molecular flexibility index (Phi) is 8.22. The summed E-state index contributed by atoms with van der Waals surface area (Å²) in [6, 6.07) is -0.362. The molecule has 134 valence electrons. The van der Waals surface area contributed by atoms with E-state index in [4.69, 9.17) is 4.74 Å². The highest BCUT2D eigenvalue weighted by Gasteiger charge is 2.38. The fourth-order valence-corrected chi connectivity index (χ4v) is 3.86. The predicted molar refractivity (Wildman–Crippen MR) is 94.0 cm³/mol. The van der Waals surface area contributed by atoms with Crippen LogP contribution in [0, 0.1) is 5.41 Å². The molecule has 0 saturated heterocycles. The fourth-order valence-electron chi connectivity index (χ4n) is 2.38. The second-order valence-electron chi connectivity index (χ2n) is 7.37. The van der Waals surface area contributed by atoms with Gasteiger partial charge in [0.25, 0.3) is 0 Å². The van der Waals surface area contributed by atoms with E-state index in [0.717, 1.165) is 12.7 Å². The molecule has 0 rings (SSSR count). The maximum absolute atomic E-state index is 11.9. The van der Waals surface area contributed by atoms with Gasteiger partial charge < -0.3 is 4.74 Å². The van der Waals surface area contributed by atoms with Gasteiger partial charge in [0.2, 0.25) is 10.0 Å². The van der Waals surface area contributed by atoms with Crippen molar-refractivity contribution in [2.75, 3.05) is 19.1 Å². The van der Waals surface area contributed by atoms with E-state index in [0.29, 0.717) is 13.0 Å². The Labute approximate surface area is 139 Å². The van der Waals surface area contributed by atoms with E-state index in [2.05, 4.69) is 4.72 Å². The van der Waals surface area contributed by atoms with Crippen LogP contribution in [0.15, 0.2) is 0 Å². The van der Waals surface area contributed by atoms with Gasteiger partial charge >= 0.3 is 0 Å². The van der Waals surface area contributed by atoms with Crippen molar-refractivity contribution in [2.45, 2.75) is 71.3 Å². The molecule has 0 aromatic heterocycles. The van der Waals surface area contributed by atoms with Crippen LogP contribution < -0.4 is 4.72 Å². The van der Waals surface area contributed by atoms with Crippen LogP contribution in [0.1, 0.15) is 54.4 Å². The first kappa shape index (κ1) is 22.0. The summed E-state index contributed by atoms with van der Waals surface area (Å²) in [5.41, 5.74) is -0.383. The third kappa shape index (κ3) is 8.04. The quantitative estimate of drug-likeness (QED) is 0.652. The summed E-state index contributed by atoms with van der Waals surface area (Å²) in [7, 11) is -4.34. The van der Waals surface area contributed by atoms with Crippen molar-refractivity contribution >= 4 is 20.8 Å². The number of ether oxygens (including phenoxy) is 1. The number of rotatable bonds is 10. The lowest BCUT2D eigenvalue weighted by molar-refractivity contribution is 0.0238. The van der Waals surface area contributed by atoms with Crippen LogP contribution in [-0.4, -0.2) is 48.6 Å². The first-order valence-electron chi connectivity index (χ1n) is 7.63. The molecular weight excluding hydrogens is 322 g/mol. The van der Waals surface area contributed by atoms with E-state index in [-0.39, 0.29) is 17.6 Å². The summed E-state index contributed by atoms with van der Waals surface area (Å²) < 4.78 is 43.3. The summed E-state index contributed by atoms with van der Waals surface area (Å²) in [5.74, 6) is 0. The SMILES string of the molecule is CCC(C)OCC(NS(C)(=O)=O)C(C)(C)CC(C)(C)[S@@](C)=O. The van der Waals surface area contributed by atoms with E-state index in [9.17, 15) is 12.6 Å². The second-order valence-corrected chi connectivity index (χ2v) is 11.2. The molecule has 0 aliphatic rings.